The second-order valence-corrected chi connectivity index (χ2v) is 4.99. The van der Waals surface area contributed by atoms with Gasteiger partial charge in [-0.2, -0.15) is 0 Å². The highest BCUT2D eigenvalue weighted by Gasteiger charge is 2.14. The van der Waals surface area contributed by atoms with Crippen LogP contribution in [0, 0.1) is 0 Å². The molecule has 0 N–H and O–H groups in total. The molecular formula is C14H19BrO3. The highest BCUT2D eigenvalue weighted by atomic mass is 79.9. The molecule has 4 heteroatoms. The highest BCUT2D eigenvalue weighted by Crippen LogP contribution is 2.21. The second-order valence-electron chi connectivity index (χ2n) is 4.43. The Morgan fingerprint density at radius 2 is 2.11 bits per heavy atom. The molecule has 0 bridgehead atoms. The molecule has 0 aliphatic carbocycles. The molecule has 1 saturated heterocycles. The Labute approximate surface area is 117 Å². The highest BCUT2D eigenvalue weighted by molar-refractivity contribution is 9.08. The van der Waals surface area contributed by atoms with Crippen molar-refractivity contribution >= 4 is 15.9 Å². The SMILES string of the molecule is COc1cc(CBr)cc(COC2CCCCO2)c1. The fourth-order valence-electron chi connectivity index (χ4n) is 2.04. The Balaban J connectivity index is 1.94. The van der Waals surface area contributed by atoms with Gasteiger partial charge in [-0.25, -0.2) is 0 Å². The summed E-state index contributed by atoms with van der Waals surface area (Å²) in [5.41, 5.74) is 2.32. The van der Waals surface area contributed by atoms with Crippen molar-refractivity contribution in [3.8, 4) is 5.75 Å². The van der Waals surface area contributed by atoms with Gasteiger partial charge in [-0.15, -0.1) is 0 Å². The first-order valence-corrected chi connectivity index (χ1v) is 7.40. The Hall–Kier alpha value is -0.580. The van der Waals surface area contributed by atoms with Crippen LogP contribution in [0.1, 0.15) is 30.4 Å². The lowest BCUT2D eigenvalue weighted by atomic mass is 10.1. The first-order valence-electron chi connectivity index (χ1n) is 6.28. The average Bonchev–Trinajstić information content (AvgIpc) is 2.45. The minimum absolute atomic E-state index is 0.0441. The molecule has 1 aromatic rings. The maximum Gasteiger partial charge on any atom is 0.158 e. The van der Waals surface area contributed by atoms with E-state index in [0.29, 0.717) is 6.61 Å². The molecule has 1 unspecified atom stereocenters. The molecule has 3 nitrogen and oxygen atoms in total. The molecule has 1 aromatic carbocycles. The van der Waals surface area contributed by atoms with E-state index in [-0.39, 0.29) is 6.29 Å². The van der Waals surface area contributed by atoms with E-state index >= 15 is 0 Å². The molecule has 1 aliphatic heterocycles. The lowest BCUT2D eigenvalue weighted by Crippen LogP contribution is -2.22. The van der Waals surface area contributed by atoms with Crippen molar-refractivity contribution < 1.29 is 14.2 Å². The number of hydrogen-bond acceptors (Lipinski definition) is 3. The smallest absolute Gasteiger partial charge is 0.158 e. The van der Waals surface area contributed by atoms with E-state index in [9.17, 15) is 0 Å². The molecular weight excluding hydrogens is 296 g/mol. The van der Waals surface area contributed by atoms with E-state index in [1.54, 1.807) is 7.11 Å². The third-order valence-corrected chi connectivity index (χ3v) is 3.64. The summed E-state index contributed by atoms with van der Waals surface area (Å²) in [6.45, 7) is 1.39. The number of rotatable bonds is 5. The molecule has 0 saturated carbocycles. The first kappa shape index (κ1) is 13.8. The van der Waals surface area contributed by atoms with Crippen molar-refractivity contribution in [2.45, 2.75) is 37.5 Å². The van der Waals surface area contributed by atoms with Gasteiger partial charge >= 0.3 is 0 Å². The van der Waals surface area contributed by atoms with E-state index in [4.69, 9.17) is 14.2 Å². The van der Waals surface area contributed by atoms with Gasteiger partial charge in [0, 0.05) is 11.9 Å². The van der Waals surface area contributed by atoms with Crippen molar-refractivity contribution in [1.29, 1.82) is 0 Å². The van der Waals surface area contributed by atoms with Gasteiger partial charge in [0.15, 0.2) is 6.29 Å². The quantitative estimate of drug-likeness (QED) is 0.777. The van der Waals surface area contributed by atoms with Crippen LogP contribution in [0.4, 0.5) is 0 Å². The number of benzene rings is 1. The van der Waals surface area contributed by atoms with E-state index in [1.807, 2.05) is 12.1 Å². The van der Waals surface area contributed by atoms with Gasteiger partial charge in [0.05, 0.1) is 13.7 Å². The van der Waals surface area contributed by atoms with Crippen LogP contribution in [0.2, 0.25) is 0 Å². The number of alkyl halides is 1. The van der Waals surface area contributed by atoms with E-state index in [2.05, 4.69) is 22.0 Å². The van der Waals surface area contributed by atoms with Crippen molar-refractivity contribution in [2.75, 3.05) is 13.7 Å². The van der Waals surface area contributed by atoms with E-state index < -0.39 is 0 Å². The normalized spacial score (nSPS) is 19.8. The Morgan fingerprint density at radius 1 is 1.28 bits per heavy atom. The number of ether oxygens (including phenoxy) is 3. The van der Waals surface area contributed by atoms with Crippen LogP contribution in [0.15, 0.2) is 18.2 Å². The van der Waals surface area contributed by atoms with Crippen LogP contribution in [0.25, 0.3) is 0 Å². The number of methoxy groups -OCH3 is 1. The predicted molar refractivity (Wildman–Crippen MR) is 74.0 cm³/mol. The number of halogens is 1. The van der Waals surface area contributed by atoms with Gasteiger partial charge in [0.1, 0.15) is 5.75 Å². The molecule has 1 fully saturated rings. The van der Waals surface area contributed by atoms with Crippen molar-refractivity contribution in [3.05, 3.63) is 29.3 Å². The summed E-state index contributed by atoms with van der Waals surface area (Å²) >= 11 is 3.46. The zero-order valence-electron chi connectivity index (χ0n) is 10.7. The minimum Gasteiger partial charge on any atom is -0.497 e. The lowest BCUT2D eigenvalue weighted by Gasteiger charge is -2.22. The van der Waals surface area contributed by atoms with Crippen molar-refractivity contribution in [3.63, 3.8) is 0 Å². The molecule has 100 valence electrons. The van der Waals surface area contributed by atoms with Crippen LogP contribution < -0.4 is 4.74 Å². The third kappa shape index (κ3) is 3.97. The number of hydrogen-bond donors (Lipinski definition) is 0. The summed E-state index contributed by atoms with van der Waals surface area (Å²) in [6.07, 6.45) is 3.29. The third-order valence-electron chi connectivity index (χ3n) is 2.99. The van der Waals surface area contributed by atoms with Crippen LogP contribution in [-0.4, -0.2) is 20.0 Å². The molecule has 1 aliphatic rings. The Kier molecular flexibility index (Phi) is 5.47. The molecule has 0 radical (unpaired) electrons. The summed E-state index contributed by atoms with van der Waals surface area (Å²) in [6, 6.07) is 6.16. The van der Waals surface area contributed by atoms with Gasteiger partial charge < -0.3 is 14.2 Å². The van der Waals surface area contributed by atoms with Crippen LogP contribution in [0.5, 0.6) is 5.75 Å². The minimum atomic E-state index is -0.0441. The van der Waals surface area contributed by atoms with Crippen LogP contribution >= 0.6 is 15.9 Å². The van der Waals surface area contributed by atoms with E-state index in [0.717, 1.165) is 36.1 Å². The lowest BCUT2D eigenvalue weighted by molar-refractivity contribution is -0.168. The average molecular weight is 315 g/mol. The van der Waals surface area contributed by atoms with Crippen molar-refractivity contribution in [1.82, 2.24) is 0 Å². The molecule has 1 heterocycles. The Bertz CT molecular complexity index is 353. The largest absolute Gasteiger partial charge is 0.497 e. The maximum absolute atomic E-state index is 5.77. The summed E-state index contributed by atoms with van der Waals surface area (Å²) < 4.78 is 16.6. The summed E-state index contributed by atoms with van der Waals surface area (Å²) in [4.78, 5) is 0. The Morgan fingerprint density at radius 3 is 2.78 bits per heavy atom. The summed E-state index contributed by atoms with van der Waals surface area (Å²) in [7, 11) is 1.68. The van der Waals surface area contributed by atoms with Gasteiger partial charge in [-0.05, 0) is 42.5 Å². The van der Waals surface area contributed by atoms with Gasteiger partial charge in [0.2, 0.25) is 0 Å². The molecule has 1 atom stereocenters. The molecule has 0 aromatic heterocycles. The first-order chi connectivity index (χ1) is 8.81. The topological polar surface area (TPSA) is 27.7 Å². The zero-order valence-corrected chi connectivity index (χ0v) is 12.2. The monoisotopic (exact) mass is 314 g/mol. The summed E-state index contributed by atoms with van der Waals surface area (Å²) in [5.74, 6) is 0.870. The predicted octanol–water partition coefficient (Wildman–Crippen LogP) is 3.63. The van der Waals surface area contributed by atoms with Gasteiger partial charge in [-0.1, -0.05) is 22.0 Å². The summed E-state index contributed by atoms with van der Waals surface area (Å²) in [5, 5.41) is 0.817. The maximum atomic E-state index is 5.77. The molecule has 2 rings (SSSR count). The van der Waals surface area contributed by atoms with Crippen molar-refractivity contribution in [2.24, 2.45) is 0 Å². The molecule has 0 amide bonds. The molecule has 18 heavy (non-hydrogen) atoms. The van der Waals surface area contributed by atoms with Crippen LogP contribution in [-0.2, 0) is 21.4 Å². The fourth-order valence-corrected chi connectivity index (χ4v) is 2.36. The van der Waals surface area contributed by atoms with Crippen LogP contribution in [0.3, 0.4) is 0 Å². The zero-order chi connectivity index (χ0) is 12.8. The second kappa shape index (κ2) is 7.12. The van der Waals surface area contributed by atoms with Gasteiger partial charge in [-0.3, -0.25) is 0 Å². The molecule has 0 spiro atoms. The standard InChI is InChI=1S/C14H19BrO3/c1-16-13-7-11(9-15)6-12(8-13)10-18-14-4-2-3-5-17-14/h6-8,14H,2-5,9-10H2,1H3. The fraction of sp³-hybridized carbons (Fsp3) is 0.571. The van der Waals surface area contributed by atoms with Gasteiger partial charge in [0.25, 0.3) is 0 Å². The van der Waals surface area contributed by atoms with E-state index in [1.165, 1.54) is 12.0 Å².